The first kappa shape index (κ1) is 30.1. The van der Waals surface area contributed by atoms with Crippen molar-refractivity contribution in [3.63, 3.8) is 0 Å². The lowest BCUT2D eigenvalue weighted by Gasteiger charge is -2.49. The first-order valence-corrected chi connectivity index (χ1v) is 13.2. The summed E-state index contributed by atoms with van der Waals surface area (Å²) >= 11 is 1.93. The Morgan fingerprint density at radius 2 is 1.68 bits per heavy atom. The molecule has 2 aromatic rings. The zero-order valence-corrected chi connectivity index (χ0v) is 23.0. The third-order valence-electron chi connectivity index (χ3n) is 6.68. The molecule has 0 atom stereocenters. The van der Waals surface area contributed by atoms with Gasteiger partial charge in [-0.15, -0.1) is 0 Å². The van der Waals surface area contributed by atoms with Crippen molar-refractivity contribution < 1.29 is 38.1 Å². The summed E-state index contributed by atoms with van der Waals surface area (Å²) in [6.45, 7) is 1.26. The molecule has 5 N–H and O–H groups in total. The number of rotatable bonds is 7. The van der Waals surface area contributed by atoms with E-state index in [9.17, 15) is 28.2 Å². The molecule has 0 unspecified atom stereocenters. The molecular formula is C26H31F3IN3O5. The molecule has 208 valence electrons. The number of carboxylic acids is 1. The lowest BCUT2D eigenvalue weighted by molar-refractivity contribution is -0.134. The van der Waals surface area contributed by atoms with E-state index < -0.39 is 46.2 Å². The SMILES string of the molecule is CC(=O)O.O=C(c1ccc(F)c(F)c1Nc1ccc(I)cc1F)N1CC(O)(CNC2(CO)CCCCC2)C1. The summed E-state index contributed by atoms with van der Waals surface area (Å²) in [6, 6.07) is 6.20. The fraction of sp³-hybridized carbons (Fsp3) is 0.462. The molecule has 2 fully saturated rings. The van der Waals surface area contributed by atoms with Crippen LogP contribution in [0.2, 0.25) is 0 Å². The Hall–Kier alpha value is -2.42. The second-order valence-corrected chi connectivity index (χ2v) is 11.0. The van der Waals surface area contributed by atoms with Gasteiger partial charge in [0.25, 0.3) is 11.9 Å². The normalized spacial score (nSPS) is 17.6. The minimum absolute atomic E-state index is 0.00330. The van der Waals surface area contributed by atoms with Crippen LogP contribution in [0.4, 0.5) is 24.5 Å². The number of carbonyl (C=O) groups is 2. The average molecular weight is 649 g/mol. The van der Waals surface area contributed by atoms with Crippen LogP contribution in [0.25, 0.3) is 0 Å². The van der Waals surface area contributed by atoms with E-state index in [4.69, 9.17) is 9.90 Å². The number of amides is 1. The number of carbonyl (C=O) groups excluding carboxylic acids is 1. The highest BCUT2D eigenvalue weighted by molar-refractivity contribution is 14.1. The number of hydrogen-bond donors (Lipinski definition) is 5. The van der Waals surface area contributed by atoms with E-state index in [0.29, 0.717) is 3.57 Å². The summed E-state index contributed by atoms with van der Waals surface area (Å²) < 4.78 is 43.5. The zero-order chi connectivity index (χ0) is 28.1. The molecule has 1 heterocycles. The number of aliphatic hydroxyl groups is 2. The van der Waals surface area contributed by atoms with Gasteiger partial charge in [-0.3, -0.25) is 9.59 Å². The molecule has 0 radical (unpaired) electrons. The average Bonchev–Trinajstić information content (AvgIpc) is 2.85. The Bertz CT molecular complexity index is 1170. The van der Waals surface area contributed by atoms with E-state index in [-0.39, 0.29) is 37.5 Å². The van der Waals surface area contributed by atoms with Crippen LogP contribution in [-0.2, 0) is 4.79 Å². The molecule has 12 heteroatoms. The maximum atomic E-state index is 14.6. The lowest BCUT2D eigenvalue weighted by atomic mass is 9.81. The molecule has 38 heavy (non-hydrogen) atoms. The number of nitrogens with zero attached hydrogens (tertiary/aromatic N) is 1. The number of carboxylic acid groups (broad SMARTS) is 1. The van der Waals surface area contributed by atoms with Crippen LogP contribution in [0, 0.1) is 21.0 Å². The number of halogens is 4. The van der Waals surface area contributed by atoms with Crippen molar-refractivity contribution in [3.8, 4) is 0 Å². The highest BCUT2D eigenvalue weighted by atomic mass is 127. The standard InChI is InChI=1S/C24H27F3IN3O3.C2H4O2/c25-17-6-5-16(21(20(17)27)30-19-7-4-15(28)10-18(19)26)22(33)31-12-24(34,13-31)11-29-23(14-32)8-2-1-3-9-23;1-2(3)4/h4-7,10,29-30,32,34H,1-3,8-9,11-14H2;1H3,(H,3,4). The summed E-state index contributed by atoms with van der Waals surface area (Å²) in [5, 5.41) is 33.9. The largest absolute Gasteiger partial charge is 0.481 e. The van der Waals surface area contributed by atoms with Gasteiger partial charge in [-0.05, 0) is 65.8 Å². The number of β-amino-alcohol motifs (C(OH)–C–C–N with tert-alkyl or cyclic N) is 1. The highest BCUT2D eigenvalue weighted by Gasteiger charge is 2.46. The van der Waals surface area contributed by atoms with Crippen LogP contribution in [0.3, 0.4) is 0 Å². The van der Waals surface area contributed by atoms with E-state index in [0.717, 1.165) is 51.2 Å². The van der Waals surface area contributed by atoms with Crippen molar-refractivity contribution in [2.45, 2.75) is 50.2 Å². The molecule has 1 saturated carbocycles. The second kappa shape index (κ2) is 12.6. The topological polar surface area (TPSA) is 122 Å². The molecule has 8 nitrogen and oxygen atoms in total. The molecule has 2 aromatic carbocycles. The van der Waals surface area contributed by atoms with Crippen molar-refractivity contribution in [2.24, 2.45) is 0 Å². The Morgan fingerprint density at radius 3 is 2.26 bits per heavy atom. The number of anilines is 2. The van der Waals surface area contributed by atoms with Crippen LogP contribution >= 0.6 is 22.6 Å². The Balaban J connectivity index is 0.000000934. The number of hydrogen-bond acceptors (Lipinski definition) is 6. The van der Waals surface area contributed by atoms with Gasteiger partial charge in [0.1, 0.15) is 11.4 Å². The van der Waals surface area contributed by atoms with Gasteiger partial charge in [0.05, 0.1) is 36.6 Å². The molecule has 1 aliphatic carbocycles. The van der Waals surface area contributed by atoms with Gasteiger partial charge in [-0.25, -0.2) is 13.2 Å². The maximum absolute atomic E-state index is 14.6. The smallest absolute Gasteiger partial charge is 0.300 e. The molecule has 0 spiro atoms. The van der Waals surface area contributed by atoms with Gasteiger partial charge in [-0.2, -0.15) is 0 Å². The van der Waals surface area contributed by atoms with Crippen LogP contribution in [0.5, 0.6) is 0 Å². The Labute approximate surface area is 232 Å². The summed E-state index contributed by atoms with van der Waals surface area (Å²) in [7, 11) is 0. The first-order chi connectivity index (χ1) is 17.9. The van der Waals surface area contributed by atoms with Crippen molar-refractivity contribution in [3.05, 3.63) is 56.9 Å². The van der Waals surface area contributed by atoms with Crippen molar-refractivity contribution in [1.82, 2.24) is 10.2 Å². The summed E-state index contributed by atoms with van der Waals surface area (Å²) in [4.78, 5) is 23.4. The quantitative estimate of drug-likeness (QED) is 0.288. The predicted octanol–water partition coefficient (Wildman–Crippen LogP) is 4.01. The monoisotopic (exact) mass is 649 g/mol. The van der Waals surface area contributed by atoms with Gasteiger partial charge < -0.3 is 30.9 Å². The fourth-order valence-electron chi connectivity index (χ4n) is 4.64. The van der Waals surface area contributed by atoms with Crippen molar-refractivity contribution in [1.29, 1.82) is 0 Å². The third kappa shape index (κ3) is 7.36. The summed E-state index contributed by atoms with van der Waals surface area (Å²) in [6.07, 6.45) is 4.77. The molecule has 1 aliphatic heterocycles. The predicted molar refractivity (Wildman–Crippen MR) is 144 cm³/mol. The van der Waals surface area contributed by atoms with Gasteiger partial charge in [0, 0.05) is 22.6 Å². The maximum Gasteiger partial charge on any atom is 0.300 e. The fourth-order valence-corrected chi connectivity index (χ4v) is 5.09. The first-order valence-electron chi connectivity index (χ1n) is 12.2. The number of aliphatic hydroxyl groups excluding tert-OH is 1. The molecule has 0 aromatic heterocycles. The van der Waals surface area contributed by atoms with E-state index in [1.807, 2.05) is 22.6 Å². The Morgan fingerprint density at radius 1 is 1.05 bits per heavy atom. The molecule has 1 amide bonds. The second-order valence-electron chi connectivity index (χ2n) is 9.79. The van der Waals surface area contributed by atoms with E-state index in [2.05, 4.69) is 10.6 Å². The molecule has 0 bridgehead atoms. The van der Waals surface area contributed by atoms with Gasteiger partial charge >= 0.3 is 0 Å². The van der Waals surface area contributed by atoms with E-state index in [1.165, 1.54) is 17.0 Å². The Kier molecular flexibility index (Phi) is 10.0. The van der Waals surface area contributed by atoms with Crippen molar-refractivity contribution in [2.75, 3.05) is 31.6 Å². The van der Waals surface area contributed by atoms with Gasteiger partial charge in [0.15, 0.2) is 11.6 Å². The summed E-state index contributed by atoms with van der Waals surface area (Å²) in [5.41, 5.74) is -2.33. The van der Waals surface area contributed by atoms with Gasteiger partial charge in [-0.1, -0.05) is 19.3 Å². The molecule has 2 aliphatic rings. The van der Waals surface area contributed by atoms with Crippen LogP contribution in [0.1, 0.15) is 49.4 Å². The van der Waals surface area contributed by atoms with Crippen LogP contribution in [0.15, 0.2) is 30.3 Å². The van der Waals surface area contributed by atoms with E-state index in [1.54, 1.807) is 6.07 Å². The highest BCUT2D eigenvalue weighted by Crippen LogP contribution is 2.33. The number of benzene rings is 2. The number of aliphatic carboxylic acids is 1. The van der Waals surface area contributed by atoms with Crippen LogP contribution < -0.4 is 10.6 Å². The van der Waals surface area contributed by atoms with Crippen LogP contribution in [-0.4, -0.2) is 69.5 Å². The lowest BCUT2D eigenvalue weighted by Crippen LogP contribution is -2.69. The number of nitrogens with one attached hydrogen (secondary N) is 2. The van der Waals surface area contributed by atoms with Crippen molar-refractivity contribution >= 4 is 45.8 Å². The molecule has 1 saturated heterocycles. The zero-order valence-electron chi connectivity index (χ0n) is 20.9. The molecule has 4 rings (SSSR count). The third-order valence-corrected chi connectivity index (χ3v) is 7.35. The minimum atomic E-state index is -1.29. The van der Waals surface area contributed by atoms with Gasteiger partial charge in [0.2, 0.25) is 0 Å². The van der Waals surface area contributed by atoms with E-state index >= 15 is 0 Å². The minimum Gasteiger partial charge on any atom is -0.481 e. The number of likely N-dealkylation sites (tertiary alicyclic amines) is 1. The molecular weight excluding hydrogens is 618 g/mol. The summed E-state index contributed by atoms with van der Waals surface area (Å²) in [5.74, 6) is -4.56.